The molecule has 5 rings (SSSR count). The molecular weight excluding hydrogens is 456 g/mol. The molecule has 1 aliphatic carbocycles. The van der Waals surface area contributed by atoms with Gasteiger partial charge in [0.1, 0.15) is 12.4 Å². The summed E-state index contributed by atoms with van der Waals surface area (Å²) in [5.74, 6) is -0.457. The summed E-state index contributed by atoms with van der Waals surface area (Å²) in [6.07, 6.45) is 8.22. The molecule has 2 aromatic carbocycles. The zero-order valence-corrected chi connectivity index (χ0v) is 20.1. The minimum absolute atomic E-state index is 0.0990. The molecule has 1 N–H and O–H groups in total. The standard InChI is InChI=1S/C27H28N6O3/c1-19-17-22(14-15-23(19)32-18-28-30-31-32)33(27(35)24-13-8-16-36-24)25(20-9-4-2-5-10-20)26(34)29-21-11-6-3-7-12-21/h2,4-5,8-10,13-18,21,25H,3,6-7,11-12H2,1H3,(H,29,34)/t25-/m0/s1. The van der Waals surface area contributed by atoms with Crippen LogP contribution in [0.1, 0.15) is 59.8 Å². The highest BCUT2D eigenvalue weighted by atomic mass is 16.3. The lowest BCUT2D eigenvalue weighted by atomic mass is 9.94. The third-order valence-corrected chi connectivity index (χ3v) is 6.58. The SMILES string of the molecule is Cc1cc(N(C(=O)c2ccco2)[C@H](C(=O)NC2CCCCC2)c2ccccc2)ccc1-n1cnnn1. The molecule has 4 aromatic rings. The number of carbonyl (C=O) groups is 2. The molecule has 0 bridgehead atoms. The van der Waals surface area contributed by atoms with E-state index in [0.717, 1.165) is 36.9 Å². The number of hydrogen-bond acceptors (Lipinski definition) is 6. The van der Waals surface area contributed by atoms with E-state index in [-0.39, 0.29) is 17.7 Å². The fourth-order valence-corrected chi connectivity index (χ4v) is 4.80. The van der Waals surface area contributed by atoms with Gasteiger partial charge in [-0.1, -0.05) is 49.6 Å². The Morgan fingerprint density at radius 3 is 2.53 bits per heavy atom. The van der Waals surface area contributed by atoms with Crippen LogP contribution in [-0.2, 0) is 4.79 Å². The van der Waals surface area contributed by atoms with E-state index in [1.807, 2.05) is 49.4 Å². The third kappa shape index (κ3) is 4.91. The topological polar surface area (TPSA) is 106 Å². The molecule has 9 heteroatoms. The van der Waals surface area contributed by atoms with Crippen molar-refractivity contribution in [2.75, 3.05) is 4.90 Å². The van der Waals surface area contributed by atoms with Crippen molar-refractivity contribution in [1.82, 2.24) is 25.5 Å². The van der Waals surface area contributed by atoms with E-state index in [4.69, 9.17) is 4.42 Å². The number of amides is 2. The van der Waals surface area contributed by atoms with Gasteiger partial charge < -0.3 is 9.73 Å². The van der Waals surface area contributed by atoms with E-state index < -0.39 is 11.9 Å². The molecule has 1 saturated carbocycles. The first-order valence-corrected chi connectivity index (χ1v) is 12.2. The fraction of sp³-hybridized carbons (Fsp3) is 0.296. The summed E-state index contributed by atoms with van der Waals surface area (Å²) in [6, 6.07) is 17.4. The van der Waals surface area contributed by atoms with Crippen molar-refractivity contribution in [1.29, 1.82) is 0 Å². The molecule has 36 heavy (non-hydrogen) atoms. The van der Waals surface area contributed by atoms with Gasteiger partial charge in [0.25, 0.3) is 5.91 Å². The molecule has 0 saturated heterocycles. The van der Waals surface area contributed by atoms with Gasteiger partial charge in [0, 0.05) is 11.7 Å². The summed E-state index contributed by atoms with van der Waals surface area (Å²) in [6.45, 7) is 1.91. The minimum atomic E-state index is -0.885. The van der Waals surface area contributed by atoms with E-state index in [1.165, 1.54) is 23.9 Å². The molecule has 0 unspecified atom stereocenters. The van der Waals surface area contributed by atoms with Gasteiger partial charge in [0.15, 0.2) is 5.76 Å². The van der Waals surface area contributed by atoms with Gasteiger partial charge in [-0.2, -0.15) is 0 Å². The number of rotatable bonds is 7. The number of nitrogens with zero attached hydrogens (tertiary/aromatic N) is 5. The summed E-state index contributed by atoms with van der Waals surface area (Å²) in [5.41, 5.74) is 2.90. The Morgan fingerprint density at radius 2 is 1.86 bits per heavy atom. The van der Waals surface area contributed by atoms with E-state index in [9.17, 15) is 9.59 Å². The van der Waals surface area contributed by atoms with E-state index in [2.05, 4.69) is 20.8 Å². The fourth-order valence-electron chi connectivity index (χ4n) is 4.80. The largest absolute Gasteiger partial charge is 0.459 e. The number of tetrazole rings is 1. The van der Waals surface area contributed by atoms with Crippen molar-refractivity contribution in [3.63, 3.8) is 0 Å². The second-order valence-corrected chi connectivity index (χ2v) is 9.03. The first kappa shape index (κ1) is 23.5. The predicted octanol–water partition coefficient (Wildman–Crippen LogP) is 4.40. The van der Waals surface area contributed by atoms with Gasteiger partial charge in [-0.15, -0.1) is 5.10 Å². The summed E-state index contributed by atoms with van der Waals surface area (Å²) < 4.78 is 7.03. The maximum absolute atomic E-state index is 13.9. The molecule has 2 heterocycles. The monoisotopic (exact) mass is 484 g/mol. The van der Waals surface area contributed by atoms with Crippen molar-refractivity contribution in [3.8, 4) is 5.69 Å². The van der Waals surface area contributed by atoms with Gasteiger partial charge in [-0.25, -0.2) is 4.68 Å². The highest BCUT2D eigenvalue weighted by molar-refractivity contribution is 6.08. The van der Waals surface area contributed by atoms with Crippen molar-refractivity contribution in [3.05, 3.63) is 90.1 Å². The molecule has 1 atom stereocenters. The number of furan rings is 1. The Hall–Kier alpha value is -4.27. The summed E-state index contributed by atoms with van der Waals surface area (Å²) in [5, 5.41) is 14.6. The first-order chi connectivity index (χ1) is 17.6. The van der Waals surface area contributed by atoms with Crippen LogP contribution in [0, 0.1) is 6.92 Å². The van der Waals surface area contributed by atoms with Crippen LogP contribution in [0.5, 0.6) is 0 Å². The Labute approximate surface area is 209 Å². The predicted molar refractivity (Wildman–Crippen MR) is 134 cm³/mol. The van der Waals surface area contributed by atoms with Crippen LogP contribution in [0.2, 0.25) is 0 Å². The highest BCUT2D eigenvalue weighted by Crippen LogP contribution is 2.32. The minimum Gasteiger partial charge on any atom is -0.459 e. The maximum Gasteiger partial charge on any atom is 0.294 e. The zero-order valence-electron chi connectivity index (χ0n) is 20.1. The second-order valence-electron chi connectivity index (χ2n) is 9.03. The Bertz CT molecular complexity index is 1300. The van der Waals surface area contributed by atoms with Crippen molar-refractivity contribution in [2.45, 2.75) is 51.1 Å². The average Bonchev–Trinajstić information content (AvgIpc) is 3.63. The van der Waals surface area contributed by atoms with Gasteiger partial charge in [0.2, 0.25) is 5.91 Å². The highest BCUT2D eigenvalue weighted by Gasteiger charge is 2.35. The molecule has 0 radical (unpaired) electrons. The van der Waals surface area contributed by atoms with Crippen LogP contribution < -0.4 is 10.2 Å². The molecule has 2 amide bonds. The zero-order chi connectivity index (χ0) is 24.9. The molecule has 184 valence electrons. The molecule has 9 nitrogen and oxygen atoms in total. The van der Waals surface area contributed by atoms with Crippen LogP contribution in [0.25, 0.3) is 5.69 Å². The smallest absolute Gasteiger partial charge is 0.294 e. The van der Waals surface area contributed by atoms with Crippen LogP contribution >= 0.6 is 0 Å². The molecule has 1 fully saturated rings. The lowest BCUT2D eigenvalue weighted by molar-refractivity contribution is -0.123. The van der Waals surface area contributed by atoms with Crippen LogP contribution in [0.3, 0.4) is 0 Å². The molecule has 0 aliphatic heterocycles. The van der Waals surface area contributed by atoms with Crippen LogP contribution in [0.4, 0.5) is 5.69 Å². The first-order valence-electron chi connectivity index (χ1n) is 12.2. The normalized spacial score (nSPS) is 14.8. The number of benzene rings is 2. The number of aryl methyl sites for hydroxylation is 1. The van der Waals surface area contributed by atoms with E-state index >= 15 is 0 Å². The molecule has 1 aliphatic rings. The lowest BCUT2D eigenvalue weighted by Crippen LogP contribution is -2.47. The summed E-state index contributed by atoms with van der Waals surface area (Å²) in [7, 11) is 0. The van der Waals surface area contributed by atoms with Crippen molar-refractivity contribution < 1.29 is 14.0 Å². The molecular formula is C27H28N6O3. The van der Waals surface area contributed by atoms with Crippen molar-refractivity contribution in [2.24, 2.45) is 0 Å². The third-order valence-electron chi connectivity index (χ3n) is 6.58. The molecule has 2 aromatic heterocycles. The van der Waals surface area contributed by atoms with Gasteiger partial charge in [0.05, 0.1) is 12.0 Å². The van der Waals surface area contributed by atoms with E-state index in [1.54, 1.807) is 22.9 Å². The van der Waals surface area contributed by atoms with E-state index in [0.29, 0.717) is 11.3 Å². The number of aromatic nitrogens is 4. The van der Waals surface area contributed by atoms with Crippen LogP contribution in [-0.4, -0.2) is 38.1 Å². The number of hydrogen-bond donors (Lipinski definition) is 1. The maximum atomic E-state index is 13.9. The number of carbonyl (C=O) groups excluding carboxylic acids is 2. The average molecular weight is 485 g/mol. The Kier molecular flexibility index (Phi) is 6.88. The number of nitrogens with one attached hydrogen (secondary N) is 1. The second kappa shape index (κ2) is 10.6. The van der Waals surface area contributed by atoms with Gasteiger partial charge in [-0.05, 0) is 71.7 Å². The lowest BCUT2D eigenvalue weighted by Gasteiger charge is -2.33. The Morgan fingerprint density at radius 1 is 1.06 bits per heavy atom. The van der Waals surface area contributed by atoms with Crippen LogP contribution in [0.15, 0.2) is 77.7 Å². The quantitative estimate of drug-likeness (QED) is 0.417. The van der Waals surface area contributed by atoms with Gasteiger partial charge >= 0.3 is 0 Å². The summed E-state index contributed by atoms with van der Waals surface area (Å²) in [4.78, 5) is 29.2. The Balaban J connectivity index is 1.59. The summed E-state index contributed by atoms with van der Waals surface area (Å²) >= 11 is 0. The van der Waals surface area contributed by atoms with Gasteiger partial charge in [-0.3, -0.25) is 14.5 Å². The number of anilines is 1. The van der Waals surface area contributed by atoms with Crippen molar-refractivity contribution >= 4 is 17.5 Å². The molecule has 0 spiro atoms.